The molecule has 3 rings (SSSR count). The predicted molar refractivity (Wildman–Crippen MR) is 85.8 cm³/mol. The number of nitrogens with zero attached hydrogens (tertiary/aromatic N) is 3. The summed E-state index contributed by atoms with van der Waals surface area (Å²) in [5, 5.41) is 4.01. The minimum atomic E-state index is -0.497. The van der Waals surface area contributed by atoms with E-state index in [-0.39, 0.29) is 17.4 Å². The standard InChI is InChI=1S/C16H11BrFN3O2/c1-23-16-19-14(11-7-3-5-9-13(11)18)21(20-16)15(22)10-6-2-4-8-12(10)17/h2-9H,1H3. The molecule has 2 aromatic carbocycles. The van der Waals surface area contributed by atoms with E-state index in [9.17, 15) is 9.18 Å². The molecule has 0 fully saturated rings. The van der Waals surface area contributed by atoms with Gasteiger partial charge in [0.15, 0.2) is 5.82 Å². The van der Waals surface area contributed by atoms with Crippen LogP contribution in [0.25, 0.3) is 11.4 Å². The van der Waals surface area contributed by atoms with E-state index in [0.29, 0.717) is 10.0 Å². The summed E-state index contributed by atoms with van der Waals surface area (Å²) in [6, 6.07) is 12.9. The van der Waals surface area contributed by atoms with Crippen LogP contribution in [0.3, 0.4) is 0 Å². The minimum absolute atomic E-state index is 0.0105. The number of halogens is 2. The maximum absolute atomic E-state index is 14.1. The molecule has 0 atom stereocenters. The highest BCUT2D eigenvalue weighted by molar-refractivity contribution is 9.10. The lowest BCUT2D eigenvalue weighted by atomic mass is 10.2. The van der Waals surface area contributed by atoms with Crippen LogP contribution in [0.1, 0.15) is 10.4 Å². The first-order chi connectivity index (χ1) is 11.1. The van der Waals surface area contributed by atoms with E-state index in [0.717, 1.165) is 4.68 Å². The molecule has 0 amide bonds. The topological polar surface area (TPSA) is 57.0 Å². The van der Waals surface area contributed by atoms with Gasteiger partial charge in [-0.2, -0.15) is 9.67 Å². The lowest BCUT2D eigenvalue weighted by molar-refractivity contribution is 0.0944. The average molecular weight is 376 g/mol. The second-order valence-corrected chi connectivity index (χ2v) is 5.45. The van der Waals surface area contributed by atoms with E-state index < -0.39 is 11.7 Å². The number of benzene rings is 2. The normalized spacial score (nSPS) is 10.6. The molecule has 0 N–H and O–H groups in total. The van der Waals surface area contributed by atoms with Crippen molar-refractivity contribution in [3.05, 3.63) is 64.4 Å². The van der Waals surface area contributed by atoms with Gasteiger partial charge in [0.05, 0.1) is 18.2 Å². The van der Waals surface area contributed by atoms with Crippen LogP contribution >= 0.6 is 15.9 Å². The van der Waals surface area contributed by atoms with E-state index in [1.165, 1.54) is 19.2 Å². The van der Waals surface area contributed by atoms with Gasteiger partial charge in [-0.25, -0.2) is 4.39 Å². The summed E-state index contributed by atoms with van der Waals surface area (Å²) in [4.78, 5) is 16.8. The third-order valence-electron chi connectivity index (χ3n) is 3.18. The summed E-state index contributed by atoms with van der Waals surface area (Å²) >= 11 is 3.33. The molecule has 0 aliphatic carbocycles. The van der Waals surface area contributed by atoms with E-state index in [4.69, 9.17) is 4.74 Å². The van der Waals surface area contributed by atoms with Crippen molar-refractivity contribution in [2.24, 2.45) is 0 Å². The zero-order valence-corrected chi connectivity index (χ0v) is 13.6. The summed E-state index contributed by atoms with van der Waals surface area (Å²) < 4.78 is 20.7. The molecular weight excluding hydrogens is 365 g/mol. The summed E-state index contributed by atoms with van der Waals surface area (Å²) in [7, 11) is 1.38. The molecule has 1 heterocycles. The van der Waals surface area contributed by atoms with Crippen LogP contribution in [0.5, 0.6) is 6.01 Å². The summed E-state index contributed by atoms with van der Waals surface area (Å²) in [5.74, 6) is -0.851. The van der Waals surface area contributed by atoms with Crippen molar-refractivity contribution in [2.75, 3.05) is 7.11 Å². The first kappa shape index (κ1) is 15.4. The Bertz CT molecular complexity index is 879. The Morgan fingerprint density at radius 1 is 1.17 bits per heavy atom. The van der Waals surface area contributed by atoms with Gasteiger partial charge in [-0.1, -0.05) is 24.3 Å². The smallest absolute Gasteiger partial charge is 0.336 e. The molecule has 0 bridgehead atoms. The average Bonchev–Trinajstić information content (AvgIpc) is 2.99. The highest BCUT2D eigenvalue weighted by Crippen LogP contribution is 2.25. The van der Waals surface area contributed by atoms with Crippen molar-refractivity contribution in [1.29, 1.82) is 0 Å². The molecule has 0 saturated heterocycles. The largest absolute Gasteiger partial charge is 0.466 e. The van der Waals surface area contributed by atoms with Crippen LogP contribution in [0.15, 0.2) is 53.0 Å². The van der Waals surface area contributed by atoms with E-state index in [1.54, 1.807) is 36.4 Å². The fourth-order valence-electron chi connectivity index (χ4n) is 2.09. The van der Waals surface area contributed by atoms with Gasteiger partial charge in [0.2, 0.25) is 0 Å². The summed E-state index contributed by atoms with van der Waals surface area (Å²) in [5.41, 5.74) is 0.557. The Hall–Kier alpha value is -2.54. The third-order valence-corrected chi connectivity index (χ3v) is 3.87. The van der Waals surface area contributed by atoms with Crippen LogP contribution in [0.4, 0.5) is 4.39 Å². The minimum Gasteiger partial charge on any atom is -0.466 e. The number of carbonyl (C=O) groups is 1. The SMILES string of the molecule is COc1nc(-c2ccccc2F)n(C(=O)c2ccccc2Br)n1. The molecule has 0 spiro atoms. The number of rotatable bonds is 3. The number of ether oxygens (including phenoxy) is 1. The summed E-state index contributed by atoms with van der Waals surface area (Å²) in [6.45, 7) is 0. The van der Waals surface area contributed by atoms with Gasteiger partial charge in [0.1, 0.15) is 5.82 Å². The fraction of sp³-hybridized carbons (Fsp3) is 0.0625. The Balaban J connectivity index is 2.17. The number of hydrogen-bond donors (Lipinski definition) is 0. The van der Waals surface area contributed by atoms with E-state index in [2.05, 4.69) is 26.0 Å². The zero-order valence-electron chi connectivity index (χ0n) is 12.0. The first-order valence-electron chi connectivity index (χ1n) is 6.67. The molecule has 116 valence electrons. The van der Waals surface area contributed by atoms with Gasteiger partial charge in [-0.15, -0.1) is 5.10 Å². The molecular formula is C16H11BrFN3O2. The lowest BCUT2D eigenvalue weighted by Crippen LogP contribution is -2.16. The van der Waals surface area contributed by atoms with Gasteiger partial charge in [0.25, 0.3) is 5.91 Å². The van der Waals surface area contributed by atoms with Crippen molar-refractivity contribution in [1.82, 2.24) is 14.8 Å². The molecule has 0 aliphatic rings. The number of methoxy groups -OCH3 is 1. The van der Waals surface area contributed by atoms with Gasteiger partial charge in [0, 0.05) is 4.47 Å². The highest BCUT2D eigenvalue weighted by atomic mass is 79.9. The Morgan fingerprint density at radius 3 is 2.57 bits per heavy atom. The Kier molecular flexibility index (Phi) is 4.20. The van der Waals surface area contributed by atoms with Crippen LogP contribution in [-0.2, 0) is 0 Å². The van der Waals surface area contributed by atoms with Gasteiger partial charge in [-0.3, -0.25) is 4.79 Å². The number of aromatic nitrogens is 3. The van der Waals surface area contributed by atoms with Crippen LogP contribution < -0.4 is 4.74 Å². The van der Waals surface area contributed by atoms with E-state index >= 15 is 0 Å². The molecule has 0 radical (unpaired) electrons. The van der Waals surface area contributed by atoms with Crippen molar-refractivity contribution in [2.45, 2.75) is 0 Å². The zero-order chi connectivity index (χ0) is 16.4. The van der Waals surface area contributed by atoms with Crippen LogP contribution in [-0.4, -0.2) is 27.8 Å². The quantitative estimate of drug-likeness (QED) is 0.702. The molecule has 1 aromatic heterocycles. The number of carbonyl (C=O) groups excluding carboxylic acids is 1. The van der Waals surface area contributed by atoms with Crippen molar-refractivity contribution < 1.29 is 13.9 Å². The highest BCUT2D eigenvalue weighted by Gasteiger charge is 2.22. The molecule has 5 nitrogen and oxygen atoms in total. The molecule has 3 aromatic rings. The molecule has 23 heavy (non-hydrogen) atoms. The van der Waals surface area contributed by atoms with Crippen LogP contribution in [0.2, 0.25) is 0 Å². The van der Waals surface area contributed by atoms with Crippen LogP contribution in [0, 0.1) is 5.82 Å². The maximum atomic E-state index is 14.1. The van der Waals surface area contributed by atoms with Crippen molar-refractivity contribution >= 4 is 21.8 Å². The third kappa shape index (κ3) is 2.87. The molecule has 7 heteroatoms. The predicted octanol–water partition coefficient (Wildman–Crippen LogP) is 3.54. The van der Waals surface area contributed by atoms with Gasteiger partial charge >= 0.3 is 6.01 Å². The Morgan fingerprint density at radius 2 is 1.87 bits per heavy atom. The lowest BCUT2D eigenvalue weighted by Gasteiger charge is -2.06. The first-order valence-corrected chi connectivity index (χ1v) is 7.46. The fourth-order valence-corrected chi connectivity index (χ4v) is 2.54. The Labute approximate surface area is 139 Å². The van der Waals surface area contributed by atoms with Gasteiger partial charge < -0.3 is 4.74 Å². The molecule has 0 unspecified atom stereocenters. The van der Waals surface area contributed by atoms with Crippen molar-refractivity contribution in [3.8, 4) is 17.4 Å². The summed E-state index contributed by atoms with van der Waals surface area (Å²) in [6.07, 6.45) is 0. The van der Waals surface area contributed by atoms with E-state index in [1.807, 2.05) is 0 Å². The maximum Gasteiger partial charge on any atom is 0.336 e. The van der Waals surface area contributed by atoms with Crippen molar-refractivity contribution in [3.63, 3.8) is 0 Å². The second-order valence-electron chi connectivity index (χ2n) is 4.60. The molecule has 0 saturated carbocycles. The number of hydrogen-bond acceptors (Lipinski definition) is 4. The molecule has 0 aliphatic heterocycles. The monoisotopic (exact) mass is 375 g/mol. The van der Waals surface area contributed by atoms with Gasteiger partial charge in [-0.05, 0) is 40.2 Å². The second kappa shape index (κ2) is 6.29.